The molecule has 0 aliphatic carbocycles. The van der Waals surface area contributed by atoms with Crippen LogP contribution in [0.4, 0.5) is 4.39 Å². The van der Waals surface area contributed by atoms with Crippen molar-refractivity contribution in [3.05, 3.63) is 29.6 Å². The Hall–Kier alpha value is -1.09. The summed E-state index contributed by atoms with van der Waals surface area (Å²) >= 11 is 0. The van der Waals surface area contributed by atoms with Crippen molar-refractivity contribution in [3.63, 3.8) is 0 Å². The summed E-state index contributed by atoms with van der Waals surface area (Å²) in [7, 11) is 1.49. The summed E-state index contributed by atoms with van der Waals surface area (Å²) in [5, 5.41) is 3.36. The van der Waals surface area contributed by atoms with Crippen molar-refractivity contribution >= 4 is 0 Å². The zero-order chi connectivity index (χ0) is 14.4. The van der Waals surface area contributed by atoms with Crippen molar-refractivity contribution in [2.75, 3.05) is 13.7 Å². The number of methoxy groups -OCH3 is 1. The van der Waals surface area contributed by atoms with Crippen molar-refractivity contribution in [2.24, 2.45) is 17.8 Å². The molecule has 1 rings (SSSR count). The van der Waals surface area contributed by atoms with Crippen LogP contribution < -0.4 is 10.1 Å². The van der Waals surface area contributed by atoms with Gasteiger partial charge in [-0.2, -0.15) is 0 Å². The molecule has 0 atom stereocenters. The molecule has 108 valence electrons. The predicted octanol–water partition coefficient (Wildman–Crippen LogP) is 3.85. The molecule has 0 bridgehead atoms. The van der Waals surface area contributed by atoms with Crippen molar-refractivity contribution < 1.29 is 9.13 Å². The Bertz CT molecular complexity index is 382. The Morgan fingerprint density at radius 1 is 1.16 bits per heavy atom. The molecule has 0 aliphatic rings. The summed E-state index contributed by atoms with van der Waals surface area (Å²) in [6.45, 7) is 10.4. The SMILES string of the molecule is COc1cccc(CNCC(C(C)C)C(C)C)c1F. The highest BCUT2D eigenvalue weighted by atomic mass is 19.1. The first-order valence-electron chi connectivity index (χ1n) is 6.99. The fourth-order valence-electron chi connectivity index (χ4n) is 2.47. The lowest BCUT2D eigenvalue weighted by molar-refractivity contribution is 0.275. The molecule has 0 radical (unpaired) electrons. The fraction of sp³-hybridized carbons (Fsp3) is 0.625. The van der Waals surface area contributed by atoms with Crippen molar-refractivity contribution in [1.29, 1.82) is 0 Å². The third kappa shape index (κ3) is 4.50. The van der Waals surface area contributed by atoms with E-state index in [1.807, 2.05) is 6.07 Å². The molecule has 1 aromatic carbocycles. The number of ether oxygens (including phenoxy) is 1. The molecule has 0 aromatic heterocycles. The third-order valence-electron chi connectivity index (χ3n) is 3.67. The van der Waals surface area contributed by atoms with E-state index in [0.717, 1.165) is 6.54 Å². The number of nitrogens with one attached hydrogen (secondary N) is 1. The van der Waals surface area contributed by atoms with Crippen LogP contribution in [-0.4, -0.2) is 13.7 Å². The van der Waals surface area contributed by atoms with E-state index in [1.165, 1.54) is 7.11 Å². The molecule has 0 saturated heterocycles. The molecule has 1 N–H and O–H groups in total. The van der Waals surface area contributed by atoms with Gasteiger partial charge in [0.25, 0.3) is 0 Å². The first-order chi connectivity index (χ1) is 8.97. The second kappa shape index (κ2) is 7.49. The Morgan fingerprint density at radius 2 is 1.79 bits per heavy atom. The van der Waals surface area contributed by atoms with Crippen LogP contribution >= 0.6 is 0 Å². The minimum absolute atomic E-state index is 0.261. The van der Waals surface area contributed by atoms with Gasteiger partial charge in [0.2, 0.25) is 0 Å². The van der Waals surface area contributed by atoms with Crippen LogP contribution in [0, 0.1) is 23.6 Å². The molecule has 0 fully saturated rings. The number of rotatable bonds is 7. The fourth-order valence-corrected chi connectivity index (χ4v) is 2.47. The first kappa shape index (κ1) is 16.0. The lowest BCUT2D eigenvalue weighted by Gasteiger charge is -2.25. The monoisotopic (exact) mass is 267 g/mol. The third-order valence-corrected chi connectivity index (χ3v) is 3.67. The van der Waals surface area contributed by atoms with E-state index < -0.39 is 0 Å². The molecule has 0 aliphatic heterocycles. The van der Waals surface area contributed by atoms with E-state index in [-0.39, 0.29) is 5.82 Å². The molecular weight excluding hydrogens is 241 g/mol. The van der Waals surface area contributed by atoms with Gasteiger partial charge in [-0.3, -0.25) is 0 Å². The molecule has 0 spiro atoms. The summed E-state index contributed by atoms with van der Waals surface area (Å²) in [5.74, 6) is 1.91. The van der Waals surface area contributed by atoms with Gasteiger partial charge in [-0.1, -0.05) is 39.8 Å². The Labute approximate surface area is 116 Å². The smallest absolute Gasteiger partial charge is 0.169 e. The zero-order valence-corrected chi connectivity index (χ0v) is 12.7. The maximum atomic E-state index is 13.9. The molecule has 0 amide bonds. The minimum Gasteiger partial charge on any atom is -0.494 e. The van der Waals surface area contributed by atoms with Crippen LogP contribution in [0.1, 0.15) is 33.3 Å². The quantitative estimate of drug-likeness (QED) is 0.810. The standard InChI is InChI=1S/C16H26FNO/c1-11(2)14(12(3)4)10-18-9-13-7-6-8-15(19-5)16(13)17/h6-8,11-12,14,18H,9-10H2,1-5H3. The van der Waals surface area contributed by atoms with Gasteiger partial charge >= 0.3 is 0 Å². The normalized spacial score (nSPS) is 11.6. The second-order valence-electron chi connectivity index (χ2n) is 5.72. The molecule has 0 saturated carbocycles. The molecule has 1 aromatic rings. The van der Waals surface area contributed by atoms with Gasteiger partial charge in [0, 0.05) is 12.1 Å². The van der Waals surface area contributed by atoms with Crippen molar-refractivity contribution in [1.82, 2.24) is 5.32 Å². The van der Waals surface area contributed by atoms with Crippen LogP contribution in [0.3, 0.4) is 0 Å². The second-order valence-corrected chi connectivity index (χ2v) is 5.72. The average molecular weight is 267 g/mol. The van der Waals surface area contributed by atoms with Crippen LogP contribution in [0.2, 0.25) is 0 Å². The molecule has 3 heteroatoms. The Balaban J connectivity index is 2.58. The topological polar surface area (TPSA) is 21.3 Å². The van der Waals surface area contributed by atoms with Crippen LogP contribution in [-0.2, 0) is 6.54 Å². The van der Waals surface area contributed by atoms with E-state index in [4.69, 9.17) is 4.74 Å². The van der Waals surface area contributed by atoms with Gasteiger partial charge in [0.15, 0.2) is 11.6 Å². The molecule has 19 heavy (non-hydrogen) atoms. The molecular formula is C16H26FNO. The maximum Gasteiger partial charge on any atom is 0.169 e. The van der Waals surface area contributed by atoms with E-state index >= 15 is 0 Å². The number of hydrogen-bond acceptors (Lipinski definition) is 2. The summed E-state index contributed by atoms with van der Waals surface area (Å²) in [4.78, 5) is 0. The molecule has 0 heterocycles. The van der Waals surface area contributed by atoms with Crippen molar-refractivity contribution in [2.45, 2.75) is 34.2 Å². The summed E-state index contributed by atoms with van der Waals surface area (Å²) < 4.78 is 18.9. The summed E-state index contributed by atoms with van der Waals surface area (Å²) in [6.07, 6.45) is 0. The number of hydrogen-bond donors (Lipinski definition) is 1. The van der Waals surface area contributed by atoms with Crippen molar-refractivity contribution in [3.8, 4) is 5.75 Å². The highest BCUT2D eigenvalue weighted by molar-refractivity contribution is 5.30. The number of benzene rings is 1. The average Bonchev–Trinajstić information content (AvgIpc) is 2.35. The highest BCUT2D eigenvalue weighted by Crippen LogP contribution is 2.21. The lowest BCUT2D eigenvalue weighted by atomic mass is 9.85. The van der Waals surface area contributed by atoms with Gasteiger partial charge in [-0.25, -0.2) is 4.39 Å². The van der Waals surface area contributed by atoms with E-state index in [0.29, 0.717) is 35.6 Å². The van der Waals surface area contributed by atoms with E-state index in [1.54, 1.807) is 12.1 Å². The maximum absolute atomic E-state index is 13.9. The predicted molar refractivity (Wildman–Crippen MR) is 77.8 cm³/mol. The van der Waals surface area contributed by atoms with Gasteiger partial charge in [0.05, 0.1) is 7.11 Å². The summed E-state index contributed by atoms with van der Waals surface area (Å²) in [5.41, 5.74) is 0.658. The number of halogens is 1. The van der Waals surface area contributed by atoms with Crippen LogP contribution in [0.5, 0.6) is 5.75 Å². The molecule has 2 nitrogen and oxygen atoms in total. The van der Waals surface area contributed by atoms with Gasteiger partial charge in [-0.15, -0.1) is 0 Å². The van der Waals surface area contributed by atoms with Crippen LogP contribution in [0.15, 0.2) is 18.2 Å². The largest absolute Gasteiger partial charge is 0.494 e. The van der Waals surface area contributed by atoms with Gasteiger partial charge < -0.3 is 10.1 Å². The lowest BCUT2D eigenvalue weighted by Crippen LogP contribution is -2.29. The summed E-state index contributed by atoms with van der Waals surface area (Å²) in [6, 6.07) is 5.26. The van der Waals surface area contributed by atoms with E-state index in [9.17, 15) is 4.39 Å². The van der Waals surface area contributed by atoms with Crippen LogP contribution in [0.25, 0.3) is 0 Å². The molecule has 0 unspecified atom stereocenters. The van der Waals surface area contributed by atoms with Gasteiger partial charge in [-0.05, 0) is 30.4 Å². The highest BCUT2D eigenvalue weighted by Gasteiger charge is 2.17. The van der Waals surface area contributed by atoms with Gasteiger partial charge in [0.1, 0.15) is 0 Å². The zero-order valence-electron chi connectivity index (χ0n) is 12.7. The first-order valence-corrected chi connectivity index (χ1v) is 6.99. The van der Waals surface area contributed by atoms with E-state index in [2.05, 4.69) is 33.0 Å². The Kier molecular flexibility index (Phi) is 6.29. The Morgan fingerprint density at radius 3 is 2.32 bits per heavy atom. The minimum atomic E-state index is -0.261.